The van der Waals surface area contributed by atoms with Crippen LogP contribution in [-0.2, 0) is 6.54 Å². The number of nitrogen functional groups attached to an aromatic ring is 1. The van der Waals surface area contributed by atoms with Crippen LogP contribution >= 0.6 is 23.6 Å². The molecule has 0 spiro atoms. The van der Waals surface area contributed by atoms with Crippen molar-refractivity contribution in [2.24, 2.45) is 0 Å². The highest BCUT2D eigenvalue weighted by atomic mass is 32.1. The number of rotatable bonds is 3. The molecule has 0 bridgehead atoms. The van der Waals surface area contributed by atoms with Crippen LogP contribution in [-0.4, -0.2) is 48.6 Å². The van der Waals surface area contributed by atoms with Gasteiger partial charge in [0.25, 0.3) is 5.91 Å². The van der Waals surface area contributed by atoms with Gasteiger partial charge >= 0.3 is 0 Å². The summed E-state index contributed by atoms with van der Waals surface area (Å²) in [5.74, 6) is 0.468. The van der Waals surface area contributed by atoms with E-state index in [9.17, 15) is 4.79 Å². The fraction of sp³-hybridized carbons (Fsp3) is 0.500. The molecule has 0 atom stereocenters. The smallest absolute Gasteiger partial charge is 0.268 e. The summed E-state index contributed by atoms with van der Waals surface area (Å²) < 4.78 is 2.38. The maximum Gasteiger partial charge on any atom is 0.268 e. The quantitative estimate of drug-likeness (QED) is 0.611. The minimum Gasteiger partial charge on any atom is -0.384 e. The van der Waals surface area contributed by atoms with E-state index >= 15 is 0 Å². The molecule has 19 heavy (non-hydrogen) atoms. The first-order valence-electron chi connectivity index (χ1n) is 6.25. The summed E-state index contributed by atoms with van der Waals surface area (Å²) in [7, 11) is 2.14. The number of allylic oxidation sites excluding steroid dienone is 1. The number of piperazine rings is 1. The van der Waals surface area contributed by atoms with Gasteiger partial charge < -0.3 is 20.1 Å². The van der Waals surface area contributed by atoms with Gasteiger partial charge in [0, 0.05) is 6.54 Å². The van der Waals surface area contributed by atoms with Crippen molar-refractivity contribution < 1.29 is 9.69 Å². The third kappa shape index (κ3) is 2.88. The van der Waals surface area contributed by atoms with Gasteiger partial charge in [0.1, 0.15) is 10.7 Å². The van der Waals surface area contributed by atoms with Crippen molar-refractivity contribution in [3.05, 3.63) is 21.5 Å². The van der Waals surface area contributed by atoms with Crippen molar-refractivity contribution >= 4 is 35.3 Å². The van der Waals surface area contributed by atoms with E-state index in [2.05, 4.69) is 13.6 Å². The highest BCUT2D eigenvalue weighted by Gasteiger charge is 2.26. The number of quaternary nitrogens is 1. The molecule has 1 saturated heterocycles. The number of thiazole rings is 1. The Morgan fingerprint density at radius 3 is 2.79 bits per heavy atom. The topological polar surface area (TPSA) is 55.7 Å². The van der Waals surface area contributed by atoms with Gasteiger partial charge in [-0.3, -0.25) is 4.79 Å². The van der Waals surface area contributed by atoms with Crippen molar-refractivity contribution in [2.75, 3.05) is 39.0 Å². The van der Waals surface area contributed by atoms with Crippen LogP contribution < -0.4 is 10.6 Å². The maximum absolute atomic E-state index is 12.5. The van der Waals surface area contributed by atoms with Gasteiger partial charge in [-0.15, -0.1) is 6.58 Å². The van der Waals surface area contributed by atoms with Crippen molar-refractivity contribution in [2.45, 2.75) is 6.54 Å². The molecule has 104 valence electrons. The zero-order valence-corrected chi connectivity index (χ0v) is 12.6. The first-order valence-corrected chi connectivity index (χ1v) is 7.47. The van der Waals surface area contributed by atoms with Gasteiger partial charge in [-0.1, -0.05) is 17.4 Å². The van der Waals surface area contributed by atoms with Crippen molar-refractivity contribution in [1.82, 2.24) is 9.47 Å². The van der Waals surface area contributed by atoms with Crippen LogP contribution in [0.4, 0.5) is 5.82 Å². The monoisotopic (exact) mass is 299 g/mol. The van der Waals surface area contributed by atoms with E-state index in [0.29, 0.717) is 21.2 Å². The first kappa shape index (κ1) is 14.2. The SMILES string of the molecule is C=CCn1c(N)c(C(=O)N2CC[NH+](C)CC2)sc1=S. The molecule has 0 saturated carbocycles. The molecular weight excluding hydrogens is 280 g/mol. The Hall–Kier alpha value is -1.18. The van der Waals surface area contributed by atoms with E-state index in [-0.39, 0.29) is 5.91 Å². The summed E-state index contributed by atoms with van der Waals surface area (Å²) in [5, 5.41) is 0. The fourth-order valence-electron chi connectivity index (χ4n) is 2.11. The van der Waals surface area contributed by atoms with Gasteiger partial charge in [-0.05, 0) is 12.2 Å². The Bertz CT molecular complexity index is 540. The zero-order valence-electron chi connectivity index (χ0n) is 11.0. The molecule has 1 aliphatic rings. The normalized spacial score (nSPS) is 16.6. The lowest BCUT2D eigenvalue weighted by molar-refractivity contribution is -0.883. The van der Waals surface area contributed by atoms with Crippen LogP contribution in [0.5, 0.6) is 0 Å². The average Bonchev–Trinajstić information content (AvgIpc) is 2.67. The van der Waals surface area contributed by atoms with Crippen LogP contribution in [0.1, 0.15) is 9.67 Å². The number of nitrogens with one attached hydrogen (secondary N) is 1. The van der Waals surface area contributed by atoms with Gasteiger partial charge in [0.2, 0.25) is 0 Å². The summed E-state index contributed by atoms with van der Waals surface area (Å²) in [5.41, 5.74) is 6.03. The molecule has 1 amide bonds. The van der Waals surface area contributed by atoms with Gasteiger partial charge in [-0.25, -0.2) is 0 Å². The molecule has 2 heterocycles. The number of amides is 1. The fourth-order valence-corrected chi connectivity index (χ4v) is 3.42. The number of hydrogen-bond acceptors (Lipinski definition) is 4. The summed E-state index contributed by atoms with van der Waals surface area (Å²) in [6, 6.07) is 0. The second-order valence-electron chi connectivity index (χ2n) is 4.73. The Kier molecular flexibility index (Phi) is 4.38. The lowest BCUT2D eigenvalue weighted by Crippen LogP contribution is -3.12. The predicted octanol–water partition coefficient (Wildman–Crippen LogP) is 0.0178. The average molecular weight is 299 g/mol. The number of carbonyl (C=O) groups excluding carboxylic acids is 1. The summed E-state index contributed by atoms with van der Waals surface area (Å²) >= 11 is 6.53. The summed E-state index contributed by atoms with van der Waals surface area (Å²) in [6.07, 6.45) is 1.73. The minimum absolute atomic E-state index is 0.00362. The molecule has 5 nitrogen and oxygen atoms in total. The zero-order chi connectivity index (χ0) is 14.0. The molecule has 7 heteroatoms. The summed E-state index contributed by atoms with van der Waals surface area (Å²) in [6.45, 7) is 7.72. The van der Waals surface area contributed by atoms with E-state index in [0.717, 1.165) is 26.2 Å². The van der Waals surface area contributed by atoms with Crippen LogP contribution in [0.15, 0.2) is 12.7 Å². The van der Waals surface area contributed by atoms with Crippen molar-refractivity contribution in [1.29, 1.82) is 0 Å². The molecule has 1 aliphatic heterocycles. The van der Waals surface area contributed by atoms with Gasteiger partial charge in [0.05, 0.1) is 33.2 Å². The number of anilines is 1. The third-order valence-corrected chi connectivity index (χ3v) is 4.80. The van der Waals surface area contributed by atoms with Crippen molar-refractivity contribution in [3.8, 4) is 0 Å². The van der Waals surface area contributed by atoms with Crippen LogP contribution in [0.3, 0.4) is 0 Å². The summed E-state index contributed by atoms with van der Waals surface area (Å²) in [4.78, 5) is 16.3. The minimum atomic E-state index is 0.00362. The number of hydrogen-bond donors (Lipinski definition) is 2. The second-order valence-corrected chi connectivity index (χ2v) is 6.38. The van der Waals surface area contributed by atoms with Crippen LogP contribution in [0.25, 0.3) is 0 Å². The Morgan fingerprint density at radius 2 is 2.21 bits per heavy atom. The number of carbonyl (C=O) groups is 1. The highest BCUT2D eigenvalue weighted by molar-refractivity contribution is 7.73. The van der Waals surface area contributed by atoms with Gasteiger partial charge in [-0.2, -0.15) is 0 Å². The Morgan fingerprint density at radius 1 is 1.58 bits per heavy atom. The Balaban J connectivity index is 2.22. The molecule has 2 rings (SSSR count). The van der Waals surface area contributed by atoms with E-state index in [1.165, 1.54) is 16.2 Å². The molecule has 0 aliphatic carbocycles. The second kappa shape index (κ2) is 5.85. The van der Waals surface area contributed by atoms with E-state index in [1.807, 2.05) is 4.90 Å². The van der Waals surface area contributed by atoms with Crippen LogP contribution in [0, 0.1) is 3.95 Å². The molecular formula is C12H19N4OS2+. The third-order valence-electron chi connectivity index (χ3n) is 3.34. The van der Waals surface area contributed by atoms with Crippen LogP contribution in [0.2, 0.25) is 0 Å². The molecule has 0 aromatic carbocycles. The Labute approximate surface area is 121 Å². The predicted molar refractivity (Wildman–Crippen MR) is 80.3 cm³/mol. The number of nitrogens with two attached hydrogens (primary N) is 1. The first-order chi connectivity index (χ1) is 9.04. The standard InChI is InChI=1S/C12H18N4OS2/c1-3-4-16-10(13)9(19-12(16)18)11(17)15-7-5-14(2)6-8-15/h3H,1,4-8,13H2,2H3/p+1. The molecule has 0 unspecified atom stereocenters. The maximum atomic E-state index is 12.5. The van der Waals surface area contributed by atoms with E-state index in [1.54, 1.807) is 10.6 Å². The molecule has 1 fully saturated rings. The lowest BCUT2D eigenvalue weighted by atomic mass is 10.3. The molecule has 1 aromatic heterocycles. The highest BCUT2D eigenvalue weighted by Crippen LogP contribution is 2.23. The molecule has 3 N–H and O–H groups in total. The number of nitrogens with zero attached hydrogens (tertiary/aromatic N) is 2. The van der Waals surface area contributed by atoms with Crippen molar-refractivity contribution in [3.63, 3.8) is 0 Å². The lowest BCUT2D eigenvalue weighted by Gasteiger charge is -2.29. The molecule has 0 radical (unpaired) electrons. The van der Waals surface area contributed by atoms with E-state index in [4.69, 9.17) is 18.0 Å². The van der Waals surface area contributed by atoms with Gasteiger partial charge in [0.15, 0.2) is 3.95 Å². The number of aromatic nitrogens is 1. The largest absolute Gasteiger partial charge is 0.384 e. The van der Waals surface area contributed by atoms with E-state index < -0.39 is 0 Å². The molecule has 1 aromatic rings. The number of likely N-dealkylation sites (N-methyl/N-ethyl adjacent to an activating group) is 1.